The Kier molecular flexibility index (Phi) is 5.42. The molecule has 1 aliphatic carbocycles. The van der Waals surface area contributed by atoms with Gasteiger partial charge in [0.15, 0.2) is 0 Å². The van der Waals surface area contributed by atoms with Crippen LogP contribution < -0.4 is 5.32 Å². The van der Waals surface area contributed by atoms with Crippen LogP contribution in [0.1, 0.15) is 32.6 Å². The maximum atomic E-state index is 12.2. The van der Waals surface area contributed by atoms with Crippen LogP contribution in [0.5, 0.6) is 0 Å². The lowest BCUT2D eigenvalue weighted by atomic mass is 9.79. The molecule has 0 aromatic heterocycles. The molecule has 1 fully saturated rings. The highest BCUT2D eigenvalue weighted by Gasteiger charge is 2.48. The largest absolute Gasteiger partial charge is 0.466 e. The molecule has 17 heavy (non-hydrogen) atoms. The van der Waals surface area contributed by atoms with Gasteiger partial charge in [-0.1, -0.05) is 18.6 Å². The molecule has 0 heterocycles. The first-order valence-corrected chi connectivity index (χ1v) is 6.33. The molecule has 1 aliphatic rings. The summed E-state index contributed by atoms with van der Waals surface area (Å²) in [7, 11) is 0. The monoisotopic (exact) mass is 237 g/mol. The van der Waals surface area contributed by atoms with E-state index in [9.17, 15) is 4.79 Å². The molecule has 96 valence electrons. The lowest BCUT2D eigenvalue weighted by molar-refractivity contribution is -0.156. The van der Waals surface area contributed by atoms with Gasteiger partial charge in [0, 0.05) is 12.6 Å². The highest BCUT2D eigenvalue weighted by molar-refractivity contribution is 5.78. The molecular formula is C14H23NO2. The molecule has 1 rings (SSSR count). The lowest BCUT2D eigenvalue weighted by Crippen LogP contribution is -2.47. The Bertz CT molecular complexity index is 288. The number of rotatable bonds is 7. The molecule has 0 amide bonds. The van der Waals surface area contributed by atoms with Gasteiger partial charge >= 0.3 is 5.97 Å². The van der Waals surface area contributed by atoms with E-state index in [1.54, 1.807) is 0 Å². The van der Waals surface area contributed by atoms with Crippen LogP contribution in [-0.2, 0) is 9.53 Å². The summed E-state index contributed by atoms with van der Waals surface area (Å²) in [5, 5.41) is 3.38. The predicted octanol–water partition coefficient (Wildman–Crippen LogP) is 2.44. The van der Waals surface area contributed by atoms with Crippen molar-refractivity contribution in [2.45, 2.75) is 38.6 Å². The normalized spacial score (nSPS) is 27.7. The fourth-order valence-electron chi connectivity index (χ4n) is 2.70. The third-order valence-corrected chi connectivity index (χ3v) is 3.48. The second kappa shape index (κ2) is 6.60. The zero-order chi connectivity index (χ0) is 12.7. The minimum Gasteiger partial charge on any atom is -0.466 e. The van der Waals surface area contributed by atoms with Crippen molar-refractivity contribution in [3.63, 3.8) is 0 Å². The van der Waals surface area contributed by atoms with Crippen LogP contribution in [-0.4, -0.2) is 25.2 Å². The Hall–Kier alpha value is -1.09. The van der Waals surface area contributed by atoms with Crippen LogP contribution in [0.3, 0.4) is 0 Å². The smallest absolute Gasteiger partial charge is 0.313 e. The van der Waals surface area contributed by atoms with Crippen molar-refractivity contribution < 1.29 is 9.53 Å². The summed E-state index contributed by atoms with van der Waals surface area (Å²) < 4.78 is 5.24. The van der Waals surface area contributed by atoms with Gasteiger partial charge in [-0.3, -0.25) is 4.79 Å². The number of carbonyl (C=O) groups is 1. The van der Waals surface area contributed by atoms with Crippen molar-refractivity contribution in [2.75, 3.05) is 13.2 Å². The average molecular weight is 237 g/mol. The van der Waals surface area contributed by atoms with Gasteiger partial charge in [0.05, 0.1) is 12.0 Å². The van der Waals surface area contributed by atoms with E-state index >= 15 is 0 Å². The zero-order valence-corrected chi connectivity index (χ0v) is 10.7. The summed E-state index contributed by atoms with van der Waals surface area (Å²) >= 11 is 0. The maximum Gasteiger partial charge on any atom is 0.313 e. The van der Waals surface area contributed by atoms with Gasteiger partial charge in [-0.15, -0.1) is 13.2 Å². The van der Waals surface area contributed by atoms with E-state index in [4.69, 9.17) is 4.74 Å². The summed E-state index contributed by atoms with van der Waals surface area (Å²) in [6.07, 6.45) is 7.28. The second-order valence-electron chi connectivity index (χ2n) is 4.51. The van der Waals surface area contributed by atoms with Crippen LogP contribution in [0.4, 0.5) is 0 Å². The summed E-state index contributed by atoms with van der Waals surface area (Å²) in [6, 6.07) is 0.178. The van der Waals surface area contributed by atoms with E-state index in [0.29, 0.717) is 13.0 Å². The maximum absolute atomic E-state index is 12.2. The summed E-state index contributed by atoms with van der Waals surface area (Å²) in [5.41, 5.74) is -0.416. The number of ether oxygens (including phenoxy) is 1. The van der Waals surface area contributed by atoms with Gasteiger partial charge in [0.2, 0.25) is 0 Å². The number of carbonyl (C=O) groups excluding carboxylic acids is 1. The standard InChI is InChI=1S/C14H23NO2/c1-4-9-14(13(16)17-6-3)10-7-8-12(14)15-11-5-2/h4-5,12,15H,1-2,6-11H2,3H3/t12-,14+/m1/s1. The molecule has 0 aromatic rings. The molecule has 0 spiro atoms. The second-order valence-corrected chi connectivity index (χ2v) is 4.51. The van der Waals surface area contributed by atoms with Gasteiger partial charge in [-0.2, -0.15) is 0 Å². The van der Waals surface area contributed by atoms with Crippen LogP contribution in [0.25, 0.3) is 0 Å². The Labute approximate surface area is 104 Å². The topological polar surface area (TPSA) is 38.3 Å². The van der Waals surface area contributed by atoms with Crippen molar-refractivity contribution in [1.29, 1.82) is 0 Å². The Balaban J connectivity index is 2.83. The number of allylic oxidation sites excluding steroid dienone is 1. The van der Waals surface area contributed by atoms with E-state index in [2.05, 4.69) is 18.5 Å². The van der Waals surface area contributed by atoms with Crippen molar-refractivity contribution in [3.8, 4) is 0 Å². The number of hydrogen-bond acceptors (Lipinski definition) is 3. The first-order valence-electron chi connectivity index (χ1n) is 6.33. The molecule has 0 bridgehead atoms. The molecule has 3 nitrogen and oxygen atoms in total. The summed E-state index contributed by atoms with van der Waals surface area (Å²) in [6.45, 7) is 10.5. The minimum atomic E-state index is -0.416. The Morgan fingerprint density at radius 2 is 2.29 bits per heavy atom. The third kappa shape index (κ3) is 2.97. The van der Waals surface area contributed by atoms with Crippen LogP contribution in [0.15, 0.2) is 25.3 Å². The molecule has 0 saturated heterocycles. The van der Waals surface area contributed by atoms with Crippen LogP contribution in [0, 0.1) is 5.41 Å². The molecular weight excluding hydrogens is 214 g/mol. The molecule has 0 radical (unpaired) electrons. The predicted molar refractivity (Wildman–Crippen MR) is 69.7 cm³/mol. The number of esters is 1. The number of hydrogen-bond donors (Lipinski definition) is 1. The molecule has 1 saturated carbocycles. The quantitative estimate of drug-likeness (QED) is 0.546. The van der Waals surface area contributed by atoms with Gasteiger partial charge in [-0.05, 0) is 26.2 Å². The first-order chi connectivity index (χ1) is 8.21. The third-order valence-electron chi connectivity index (χ3n) is 3.48. The number of nitrogens with one attached hydrogen (secondary N) is 1. The molecule has 0 unspecified atom stereocenters. The average Bonchev–Trinajstić information content (AvgIpc) is 2.71. The fourth-order valence-corrected chi connectivity index (χ4v) is 2.70. The summed E-state index contributed by atoms with van der Waals surface area (Å²) in [5.74, 6) is -0.0843. The lowest BCUT2D eigenvalue weighted by Gasteiger charge is -2.32. The van der Waals surface area contributed by atoms with E-state index in [0.717, 1.165) is 25.8 Å². The highest BCUT2D eigenvalue weighted by atomic mass is 16.5. The summed E-state index contributed by atoms with van der Waals surface area (Å²) in [4.78, 5) is 12.2. The molecule has 2 atom stereocenters. The van der Waals surface area contributed by atoms with Crippen molar-refractivity contribution in [1.82, 2.24) is 5.32 Å². The molecule has 0 aliphatic heterocycles. The van der Waals surface area contributed by atoms with E-state index in [1.165, 1.54) is 0 Å². The van der Waals surface area contributed by atoms with E-state index in [-0.39, 0.29) is 12.0 Å². The Morgan fingerprint density at radius 1 is 1.53 bits per heavy atom. The van der Waals surface area contributed by atoms with Gasteiger partial charge in [0.25, 0.3) is 0 Å². The molecule has 0 aromatic carbocycles. The van der Waals surface area contributed by atoms with Crippen LogP contribution >= 0.6 is 0 Å². The zero-order valence-electron chi connectivity index (χ0n) is 10.7. The van der Waals surface area contributed by atoms with Crippen molar-refractivity contribution in [2.24, 2.45) is 5.41 Å². The van der Waals surface area contributed by atoms with E-state index < -0.39 is 5.41 Å². The van der Waals surface area contributed by atoms with E-state index in [1.807, 2.05) is 19.1 Å². The van der Waals surface area contributed by atoms with Crippen molar-refractivity contribution in [3.05, 3.63) is 25.3 Å². The fraction of sp³-hybridized carbons (Fsp3) is 0.643. The van der Waals surface area contributed by atoms with Gasteiger partial charge in [0.1, 0.15) is 0 Å². The highest BCUT2D eigenvalue weighted by Crippen LogP contribution is 2.42. The molecule has 1 N–H and O–H groups in total. The van der Waals surface area contributed by atoms with Gasteiger partial charge < -0.3 is 10.1 Å². The molecule has 3 heteroatoms. The van der Waals surface area contributed by atoms with Gasteiger partial charge in [-0.25, -0.2) is 0 Å². The van der Waals surface area contributed by atoms with Crippen LogP contribution in [0.2, 0.25) is 0 Å². The SMILES string of the molecule is C=CCN[C@@H]1CCC[C@]1(CC=C)C(=O)OCC. The Morgan fingerprint density at radius 3 is 2.88 bits per heavy atom. The first kappa shape index (κ1) is 14.0. The minimum absolute atomic E-state index is 0.0843. The van der Waals surface area contributed by atoms with Crippen molar-refractivity contribution >= 4 is 5.97 Å².